The number of benzene rings is 1. The molecule has 0 fully saturated rings. The molecule has 1 aromatic heterocycles. The molecule has 2 rings (SSSR count). The molecule has 1 heterocycles. The van der Waals surface area contributed by atoms with E-state index in [4.69, 9.17) is 16.7 Å². The van der Waals surface area contributed by atoms with Crippen LogP contribution in [0.15, 0.2) is 36.9 Å². The Hall–Kier alpha value is -1.32. The number of aliphatic hydroxyl groups excluding tert-OH is 1. The summed E-state index contributed by atoms with van der Waals surface area (Å²) in [7, 11) is 0. The zero-order valence-electron chi connectivity index (χ0n) is 8.10. The highest BCUT2D eigenvalue weighted by molar-refractivity contribution is 6.32. The van der Waals surface area contributed by atoms with Gasteiger partial charge in [0.2, 0.25) is 0 Å². The molecule has 78 valence electrons. The maximum atomic E-state index is 8.81. The van der Waals surface area contributed by atoms with Crippen LogP contribution in [0.4, 0.5) is 0 Å². The minimum absolute atomic E-state index is 0.140. The summed E-state index contributed by atoms with van der Waals surface area (Å²) in [6.45, 7) is 0.140. The van der Waals surface area contributed by atoms with Crippen molar-refractivity contribution in [2.45, 2.75) is 6.42 Å². The molecule has 0 unspecified atom stereocenters. The Balaban J connectivity index is 2.35. The molecule has 0 radical (unpaired) electrons. The smallest absolute Gasteiger partial charge is 0.0992 e. The van der Waals surface area contributed by atoms with Crippen LogP contribution in [0.25, 0.3) is 5.69 Å². The van der Waals surface area contributed by atoms with Gasteiger partial charge in [-0.1, -0.05) is 17.7 Å². The zero-order valence-corrected chi connectivity index (χ0v) is 8.85. The van der Waals surface area contributed by atoms with E-state index in [0.717, 1.165) is 11.3 Å². The fourth-order valence-corrected chi connectivity index (χ4v) is 1.75. The van der Waals surface area contributed by atoms with Crippen LogP contribution in [0, 0.1) is 0 Å². The molecule has 0 spiro atoms. The van der Waals surface area contributed by atoms with Crippen LogP contribution in [-0.4, -0.2) is 21.3 Å². The van der Waals surface area contributed by atoms with E-state index in [1.165, 1.54) is 0 Å². The van der Waals surface area contributed by atoms with Crippen LogP contribution in [0.1, 0.15) is 5.56 Å². The van der Waals surface area contributed by atoms with Gasteiger partial charge in [0.15, 0.2) is 0 Å². The van der Waals surface area contributed by atoms with E-state index in [0.29, 0.717) is 11.4 Å². The van der Waals surface area contributed by atoms with Crippen molar-refractivity contribution in [2.75, 3.05) is 6.61 Å². The third-order valence-electron chi connectivity index (χ3n) is 2.20. The molecule has 0 atom stereocenters. The van der Waals surface area contributed by atoms with Gasteiger partial charge in [0.05, 0.1) is 17.0 Å². The minimum atomic E-state index is 0.140. The molecule has 4 heteroatoms. The summed E-state index contributed by atoms with van der Waals surface area (Å²) in [5, 5.41) is 9.47. The number of rotatable bonds is 3. The largest absolute Gasteiger partial charge is 0.396 e. The van der Waals surface area contributed by atoms with Crippen molar-refractivity contribution >= 4 is 11.6 Å². The number of hydrogen-bond donors (Lipinski definition) is 1. The molecule has 15 heavy (non-hydrogen) atoms. The standard InChI is InChI=1S/C11H11ClN2O/c12-10-7-9(3-6-15)1-2-11(10)14-5-4-13-8-14/h1-2,4-5,7-8,15H,3,6H2. The predicted molar refractivity (Wildman–Crippen MR) is 59.4 cm³/mol. The molecule has 0 saturated carbocycles. The molecule has 3 nitrogen and oxygen atoms in total. The highest BCUT2D eigenvalue weighted by Gasteiger charge is 2.03. The molecule has 0 aliphatic carbocycles. The van der Waals surface area contributed by atoms with E-state index in [9.17, 15) is 0 Å². The van der Waals surface area contributed by atoms with Crippen molar-refractivity contribution in [1.29, 1.82) is 0 Å². The first kappa shape index (κ1) is 10.2. The monoisotopic (exact) mass is 222 g/mol. The summed E-state index contributed by atoms with van der Waals surface area (Å²) in [4.78, 5) is 3.96. The van der Waals surface area contributed by atoms with Crippen molar-refractivity contribution in [1.82, 2.24) is 9.55 Å². The summed E-state index contributed by atoms with van der Waals surface area (Å²) in [6, 6.07) is 5.75. The lowest BCUT2D eigenvalue weighted by molar-refractivity contribution is 0.299. The normalized spacial score (nSPS) is 10.5. The van der Waals surface area contributed by atoms with Crippen LogP contribution in [0.5, 0.6) is 0 Å². The minimum Gasteiger partial charge on any atom is -0.396 e. The second-order valence-electron chi connectivity index (χ2n) is 3.23. The van der Waals surface area contributed by atoms with Gasteiger partial charge in [-0.25, -0.2) is 4.98 Å². The predicted octanol–water partition coefficient (Wildman–Crippen LogP) is 2.06. The number of halogens is 1. The van der Waals surface area contributed by atoms with E-state index in [-0.39, 0.29) is 6.61 Å². The Morgan fingerprint density at radius 2 is 2.27 bits per heavy atom. The van der Waals surface area contributed by atoms with Crippen molar-refractivity contribution in [3.05, 3.63) is 47.5 Å². The van der Waals surface area contributed by atoms with Crippen molar-refractivity contribution in [3.8, 4) is 5.69 Å². The quantitative estimate of drug-likeness (QED) is 0.864. The van der Waals surface area contributed by atoms with Gasteiger partial charge in [0, 0.05) is 19.0 Å². The Bertz CT molecular complexity index is 440. The van der Waals surface area contributed by atoms with Crippen LogP contribution in [0.2, 0.25) is 5.02 Å². The Morgan fingerprint density at radius 1 is 1.40 bits per heavy atom. The van der Waals surface area contributed by atoms with Gasteiger partial charge in [-0.05, 0) is 24.1 Å². The van der Waals surface area contributed by atoms with E-state index < -0.39 is 0 Å². The van der Waals surface area contributed by atoms with Crippen molar-refractivity contribution in [3.63, 3.8) is 0 Å². The van der Waals surface area contributed by atoms with Gasteiger partial charge in [0.1, 0.15) is 0 Å². The summed E-state index contributed by atoms with van der Waals surface area (Å²) in [5.74, 6) is 0. The topological polar surface area (TPSA) is 38.0 Å². The van der Waals surface area contributed by atoms with Crippen LogP contribution >= 0.6 is 11.6 Å². The van der Waals surface area contributed by atoms with Crippen molar-refractivity contribution < 1.29 is 5.11 Å². The lowest BCUT2D eigenvalue weighted by atomic mass is 10.1. The van der Waals surface area contributed by atoms with E-state index in [1.807, 2.05) is 29.0 Å². The van der Waals surface area contributed by atoms with Crippen LogP contribution in [-0.2, 0) is 6.42 Å². The summed E-state index contributed by atoms with van der Waals surface area (Å²) >= 11 is 6.13. The van der Waals surface area contributed by atoms with Crippen LogP contribution < -0.4 is 0 Å². The zero-order chi connectivity index (χ0) is 10.7. The SMILES string of the molecule is OCCc1ccc(-n2ccnc2)c(Cl)c1. The highest BCUT2D eigenvalue weighted by atomic mass is 35.5. The van der Waals surface area contributed by atoms with E-state index in [2.05, 4.69) is 4.98 Å². The molecular formula is C11H11ClN2O. The second kappa shape index (κ2) is 4.47. The van der Waals surface area contributed by atoms with Gasteiger partial charge in [-0.15, -0.1) is 0 Å². The van der Waals surface area contributed by atoms with Crippen LogP contribution in [0.3, 0.4) is 0 Å². The molecule has 0 saturated heterocycles. The number of aliphatic hydroxyl groups is 1. The van der Waals surface area contributed by atoms with Crippen molar-refractivity contribution in [2.24, 2.45) is 0 Å². The molecule has 0 aliphatic heterocycles. The second-order valence-corrected chi connectivity index (χ2v) is 3.64. The summed E-state index contributed by atoms with van der Waals surface area (Å²) < 4.78 is 1.85. The third kappa shape index (κ3) is 2.19. The molecule has 0 bridgehead atoms. The Morgan fingerprint density at radius 3 is 2.87 bits per heavy atom. The number of imidazole rings is 1. The molecular weight excluding hydrogens is 212 g/mol. The average molecular weight is 223 g/mol. The maximum Gasteiger partial charge on any atom is 0.0992 e. The molecule has 0 amide bonds. The third-order valence-corrected chi connectivity index (χ3v) is 2.50. The van der Waals surface area contributed by atoms with Gasteiger partial charge in [-0.2, -0.15) is 0 Å². The van der Waals surface area contributed by atoms with Gasteiger partial charge >= 0.3 is 0 Å². The number of hydrogen-bond acceptors (Lipinski definition) is 2. The lowest BCUT2D eigenvalue weighted by Crippen LogP contribution is -1.95. The molecule has 2 aromatic rings. The average Bonchev–Trinajstić information content (AvgIpc) is 2.71. The lowest BCUT2D eigenvalue weighted by Gasteiger charge is -2.06. The Labute approximate surface area is 93.0 Å². The summed E-state index contributed by atoms with van der Waals surface area (Å²) in [5.41, 5.74) is 1.93. The summed E-state index contributed by atoms with van der Waals surface area (Å²) in [6.07, 6.45) is 5.88. The number of nitrogens with zero attached hydrogens (tertiary/aromatic N) is 2. The molecule has 1 N–H and O–H groups in total. The molecule has 0 aliphatic rings. The number of aromatic nitrogens is 2. The van der Waals surface area contributed by atoms with E-state index >= 15 is 0 Å². The first-order valence-electron chi connectivity index (χ1n) is 4.69. The van der Waals surface area contributed by atoms with Gasteiger partial charge in [-0.3, -0.25) is 0 Å². The molecule has 1 aromatic carbocycles. The fraction of sp³-hybridized carbons (Fsp3) is 0.182. The highest BCUT2D eigenvalue weighted by Crippen LogP contribution is 2.21. The first-order chi connectivity index (χ1) is 7.31. The van der Waals surface area contributed by atoms with Gasteiger partial charge < -0.3 is 9.67 Å². The Kier molecular flexibility index (Phi) is 3.04. The maximum absolute atomic E-state index is 8.81. The first-order valence-corrected chi connectivity index (χ1v) is 5.06. The fourth-order valence-electron chi connectivity index (χ4n) is 1.45. The van der Waals surface area contributed by atoms with Gasteiger partial charge in [0.25, 0.3) is 0 Å². The van der Waals surface area contributed by atoms with E-state index in [1.54, 1.807) is 12.5 Å².